The van der Waals surface area contributed by atoms with E-state index in [4.69, 9.17) is 0 Å². The fraction of sp³-hybridized carbons (Fsp3) is 0.529. The van der Waals surface area contributed by atoms with E-state index < -0.39 is 0 Å². The number of nitrogens with one attached hydrogen (secondary N) is 2. The summed E-state index contributed by atoms with van der Waals surface area (Å²) in [5, 5.41) is 6.56. The minimum Gasteiger partial charge on any atom is -0.357 e. The van der Waals surface area contributed by atoms with E-state index in [0.29, 0.717) is 29.9 Å². The number of hydrogen-bond donors (Lipinski definition) is 2. The first-order chi connectivity index (χ1) is 11.5. The summed E-state index contributed by atoms with van der Waals surface area (Å²) in [6, 6.07) is 4.95. The molecular weight excluding hydrogens is 502 g/mol. The summed E-state index contributed by atoms with van der Waals surface area (Å²) >= 11 is 3.29. The van der Waals surface area contributed by atoms with Crippen LogP contribution in [-0.2, 0) is 11.3 Å². The number of amides is 1. The van der Waals surface area contributed by atoms with Crippen LogP contribution in [0.4, 0.5) is 4.39 Å². The van der Waals surface area contributed by atoms with Crippen LogP contribution in [0.25, 0.3) is 0 Å². The van der Waals surface area contributed by atoms with Gasteiger partial charge in [-0.3, -0.25) is 4.79 Å². The second kappa shape index (κ2) is 10.9. The van der Waals surface area contributed by atoms with Crippen molar-refractivity contribution >= 4 is 51.8 Å². The van der Waals surface area contributed by atoms with Crippen molar-refractivity contribution in [1.29, 1.82) is 0 Å². The van der Waals surface area contributed by atoms with Crippen LogP contribution in [0.3, 0.4) is 0 Å². The molecule has 0 saturated carbocycles. The fourth-order valence-electron chi connectivity index (χ4n) is 2.71. The molecule has 1 aromatic rings. The largest absolute Gasteiger partial charge is 0.357 e. The Morgan fingerprint density at radius 3 is 2.80 bits per heavy atom. The molecule has 1 aliphatic heterocycles. The van der Waals surface area contributed by atoms with E-state index in [1.807, 2.05) is 24.8 Å². The molecule has 0 aliphatic carbocycles. The monoisotopic (exact) mass is 526 g/mol. The Bertz CT molecular complexity index is 594. The third-order valence-electron chi connectivity index (χ3n) is 3.87. The minimum atomic E-state index is -0.281. The van der Waals surface area contributed by atoms with Crippen molar-refractivity contribution in [3.63, 3.8) is 0 Å². The minimum absolute atomic E-state index is 0. The summed E-state index contributed by atoms with van der Waals surface area (Å²) in [7, 11) is 0. The Labute approximate surface area is 174 Å². The van der Waals surface area contributed by atoms with Gasteiger partial charge in [0.05, 0.1) is 6.54 Å². The van der Waals surface area contributed by atoms with E-state index in [0.717, 1.165) is 25.1 Å². The molecule has 8 heteroatoms. The van der Waals surface area contributed by atoms with Gasteiger partial charge in [0.25, 0.3) is 0 Å². The van der Waals surface area contributed by atoms with Gasteiger partial charge in [-0.25, -0.2) is 9.38 Å². The molecule has 0 spiro atoms. The highest BCUT2D eigenvalue weighted by atomic mass is 127. The summed E-state index contributed by atoms with van der Waals surface area (Å²) in [6.07, 6.45) is 1.44. The fourth-order valence-corrected chi connectivity index (χ4v) is 3.23. The lowest BCUT2D eigenvalue weighted by Gasteiger charge is -2.18. The molecule has 140 valence electrons. The lowest BCUT2D eigenvalue weighted by molar-refractivity contribution is -0.129. The Kier molecular flexibility index (Phi) is 9.70. The van der Waals surface area contributed by atoms with Crippen LogP contribution in [0.5, 0.6) is 0 Å². The summed E-state index contributed by atoms with van der Waals surface area (Å²) in [5.74, 6) is 0.594. The number of carbonyl (C=O) groups excluding carboxylic acids is 1. The normalized spacial score (nSPS) is 17.2. The molecule has 2 rings (SSSR count). The molecule has 1 amide bonds. The molecule has 1 heterocycles. The molecule has 1 aromatic carbocycles. The summed E-state index contributed by atoms with van der Waals surface area (Å²) < 4.78 is 14.1. The molecule has 0 bridgehead atoms. The topological polar surface area (TPSA) is 56.7 Å². The van der Waals surface area contributed by atoms with Crippen molar-refractivity contribution in [2.24, 2.45) is 4.99 Å². The predicted molar refractivity (Wildman–Crippen MR) is 113 cm³/mol. The van der Waals surface area contributed by atoms with E-state index in [1.165, 1.54) is 12.1 Å². The lowest BCUT2D eigenvalue weighted by atomic mass is 10.2. The van der Waals surface area contributed by atoms with E-state index >= 15 is 0 Å². The van der Waals surface area contributed by atoms with E-state index in [2.05, 4.69) is 31.6 Å². The summed E-state index contributed by atoms with van der Waals surface area (Å²) in [4.78, 5) is 18.2. The number of carbonyl (C=O) groups is 1. The van der Waals surface area contributed by atoms with Crippen molar-refractivity contribution in [2.75, 3.05) is 19.6 Å². The van der Waals surface area contributed by atoms with Crippen LogP contribution in [0.1, 0.15) is 32.3 Å². The first kappa shape index (κ1) is 22.1. The molecule has 5 nitrogen and oxygen atoms in total. The summed E-state index contributed by atoms with van der Waals surface area (Å²) in [6.45, 7) is 6.48. The number of halogens is 3. The second-order valence-electron chi connectivity index (χ2n) is 5.80. The van der Waals surface area contributed by atoms with Gasteiger partial charge in [-0.2, -0.15) is 0 Å². The molecule has 2 N–H and O–H groups in total. The maximum atomic E-state index is 13.4. The quantitative estimate of drug-likeness (QED) is 0.352. The van der Waals surface area contributed by atoms with Gasteiger partial charge >= 0.3 is 0 Å². The molecule has 1 fully saturated rings. The van der Waals surface area contributed by atoms with Gasteiger partial charge in [0, 0.05) is 36.6 Å². The van der Waals surface area contributed by atoms with E-state index in [-0.39, 0.29) is 41.7 Å². The van der Waals surface area contributed by atoms with Gasteiger partial charge < -0.3 is 15.5 Å². The Balaban J connectivity index is 0.00000312. The number of guanidine groups is 1. The van der Waals surface area contributed by atoms with Crippen LogP contribution >= 0.6 is 39.9 Å². The third kappa shape index (κ3) is 7.08. The van der Waals surface area contributed by atoms with Crippen molar-refractivity contribution in [1.82, 2.24) is 15.5 Å². The van der Waals surface area contributed by atoms with E-state index in [9.17, 15) is 9.18 Å². The van der Waals surface area contributed by atoms with Crippen molar-refractivity contribution < 1.29 is 9.18 Å². The standard InChI is InChI=1S/C17H24BrFN4O.HI/c1-3-16(24)23-6-5-15(11-23)22-17(20-4-2)21-10-12-7-13(18)9-14(19)8-12;/h7-9,15H,3-6,10-11H2,1-2H3,(H2,20,21,22);1H. The third-order valence-corrected chi connectivity index (χ3v) is 4.33. The zero-order valence-corrected chi connectivity index (χ0v) is 18.4. The highest BCUT2D eigenvalue weighted by Crippen LogP contribution is 2.15. The number of aliphatic imine (C=N–C) groups is 1. The van der Waals surface area contributed by atoms with Crippen molar-refractivity contribution in [3.8, 4) is 0 Å². The van der Waals surface area contributed by atoms with Gasteiger partial charge in [-0.15, -0.1) is 24.0 Å². The maximum absolute atomic E-state index is 13.4. The van der Waals surface area contributed by atoms with Crippen molar-refractivity contribution in [2.45, 2.75) is 39.3 Å². The molecule has 0 radical (unpaired) electrons. The predicted octanol–water partition coefficient (Wildman–Crippen LogP) is 3.27. The molecule has 25 heavy (non-hydrogen) atoms. The first-order valence-corrected chi connectivity index (χ1v) is 9.08. The SMILES string of the molecule is CCNC(=NCc1cc(F)cc(Br)c1)NC1CCN(C(=O)CC)C1.I. The molecule has 0 aromatic heterocycles. The van der Waals surface area contributed by atoms with Crippen LogP contribution in [0.15, 0.2) is 27.7 Å². The van der Waals surface area contributed by atoms with Gasteiger partial charge in [0.15, 0.2) is 5.96 Å². The average molecular weight is 527 g/mol. The van der Waals surface area contributed by atoms with Crippen LogP contribution in [0, 0.1) is 5.82 Å². The Morgan fingerprint density at radius 1 is 1.40 bits per heavy atom. The lowest BCUT2D eigenvalue weighted by Crippen LogP contribution is -2.45. The molecular formula is C17H25BrFIN4O. The maximum Gasteiger partial charge on any atom is 0.222 e. The van der Waals surface area contributed by atoms with Crippen molar-refractivity contribution in [3.05, 3.63) is 34.1 Å². The van der Waals surface area contributed by atoms with Gasteiger partial charge in [0.2, 0.25) is 5.91 Å². The van der Waals surface area contributed by atoms with Gasteiger partial charge in [-0.05, 0) is 37.1 Å². The number of likely N-dealkylation sites (tertiary alicyclic amines) is 1. The second-order valence-corrected chi connectivity index (χ2v) is 6.71. The van der Waals surface area contributed by atoms with E-state index in [1.54, 1.807) is 0 Å². The number of hydrogen-bond acceptors (Lipinski definition) is 2. The zero-order chi connectivity index (χ0) is 17.5. The Morgan fingerprint density at radius 2 is 2.16 bits per heavy atom. The zero-order valence-electron chi connectivity index (χ0n) is 14.5. The first-order valence-electron chi connectivity index (χ1n) is 8.29. The number of nitrogens with zero attached hydrogens (tertiary/aromatic N) is 2. The molecule has 1 saturated heterocycles. The average Bonchev–Trinajstić information content (AvgIpc) is 3.00. The highest BCUT2D eigenvalue weighted by Gasteiger charge is 2.25. The van der Waals surface area contributed by atoms with Gasteiger partial charge in [0.1, 0.15) is 5.82 Å². The Hall–Kier alpha value is -0.900. The molecule has 1 atom stereocenters. The molecule has 1 unspecified atom stereocenters. The number of rotatable bonds is 5. The summed E-state index contributed by atoms with van der Waals surface area (Å²) in [5.41, 5.74) is 0.799. The van der Waals surface area contributed by atoms with Crippen LogP contribution in [0.2, 0.25) is 0 Å². The smallest absolute Gasteiger partial charge is 0.222 e. The number of benzene rings is 1. The van der Waals surface area contributed by atoms with Crippen LogP contribution in [-0.4, -0.2) is 42.4 Å². The van der Waals surface area contributed by atoms with Gasteiger partial charge in [-0.1, -0.05) is 22.9 Å². The van der Waals surface area contributed by atoms with Crippen LogP contribution < -0.4 is 10.6 Å². The molecule has 1 aliphatic rings. The highest BCUT2D eigenvalue weighted by molar-refractivity contribution is 14.0.